The number of ether oxygens (including phenoxy) is 1. The van der Waals surface area contributed by atoms with Crippen LogP contribution < -0.4 is 10.1 Å². The molecule has 0 spiro atoms. The number of thioether (sulfide) groups is 1. The number of carbonyl (C=O) groups is 3. The molecule has 1 aliphatic heterocycles. The molecule has 1 aliphatic rings. The van der Waals surface area contributed by atoms with E-state index in [9.17, 15) is 37.7 Å². The Bertz CT molecular complexity index is 1530. The molecule has 0 aromatic heterocycles. The molecule has 1 N–H and O–H groups in total. The minimum atomic E-state index is -4.60. The Hall–Kier alpha value is -4.17. The third-order valence-corrected chi connectivity index (χ3v) is 6.85. The second kappa shape index (κ2) is 11.9. The predicted octanol–water partition coefficient (Wildman–Crippen LogP) is 6.63. The zero-order valence-corrected chi connectivity index (χ0v) is 22.5. The van der Waals surface area contributed by atoms with E-state index in [0.29, 0.717) is 38.0 Å². The lowest BCUT2D eigenvalue weighted by molar-refractivity contribution is -0.384. The van der Waals surface area contributed by atoms with Gasteiger partial charge in [0.2, 0.25) is 5.91 Å². The number of non-ortho nitro benzene ring substituents is 1. The number of nitrogens with zero attached hydrogens (tertiary/aromatic N) is 2. The summed E-state index contributed by atoms with van der Waals surface area (Å²) in [5.74, 6) is -1.25. The summed E-state index contributed by atoms with van der Waals surface area (Å²) in [6.45, 7) is -0.627. The van der Waals surface area contributed by atoms with E-state index in [4.69, 9.17) is 4.74 Å². The molecule has 0 bridgehead atoms. The van der Waals surface area contributed by atoms with Crippen molar-refractivity contribution in [3.63, 3.8) is 0 Å². The number of nitrogens with one attached hydrogen (secondary N) is 1. The van der Waals surface area contributed by atoms with Crippen LogP contribution in [0.25, 0.3) is 6.08 Å². The average molecular weight is 636 g/mol. The normalized spacial score (nSPS) is 14.5. The van der Waals surface area contributed by atoms with E-state index in [1.165, 1.54) is 24.3 Å². The van der Waals surface area contributed by atoms with Crippen LogP contribution in [0.3, 0.4) is 0 Å². The van der Waals surface area contributed by atoms with Crippen LogP contribution in [0.1, 0.15) is 16.7 Å². The van der Waals surface area contributed by atoms with Crippen LogP contribution in [0, 0.1) is 10.1 Å². The van der Waals surface area contributed by atoms with Crippen molar-refractivity contribution in [2.75, 3.05) is 11.9 Å². The third-order valence-electron chi connectivity index (χ3n) is 5.45. The fourth-order valence-electron chi connectivity index (χ4n) is 3.53. The molecule has 4 rings (SSSR count). The topological polar surface area (TPSA) is 119 Å². The fourth-order valence-corrected chi connectivity index (χ4v) is 4.74. The number of amides is 3. The van der Waals surface area contributed by atoms with Crippen LogP contribution in [0.4, 0.5) is 29.3 Å². The molecule has 0 aliphatic carbocycles. The van der Waals surface area contributed by atoms with E-state index >= 15 is 0 Å². The summed E-state index contributed by atoms with van der Waals surface area (Å²) in [7, 11) is 0. The molecule has 3 aromatic carbocycles. The Morgan fingerprint density at radius 2 is 1.82 bits per heavy atom. The summed E-state index contributed by atoms with van der Waals surface area (Å²) in [4.78, 5) is 48.9. The van der Waals surface area contributed by atoms with Gasteiger partial charge < -0.3 is 10.1 Å². The maximum Gasteiger partial charge on any atom is 0.416 e. The van der Waals surface area contributed by atoms with Crippen LogP contribution in [-0.4, -0.2) is 33.4 Å². The Morgan fingerprint density at radius 3 is 2.50 bits per heavy atom. The van der Waals surface area contributed by atoms with Crippen molar-refractivity contribution in [1.82, 2.24) is 4.90 Å². The van der Waals surface area contributed by atoms with Crippen LogP contribution in [0.5, 0.6) is 5.75 Å². The van der Waals surface area contributed by atoms with E-state index in [1.54, 1.807) is 30.3 Å². The second-order valence-electron chi connectivity index (χ2n) is 8.29. The van der Waals surface area contributed by atoms with Gasteiger partial charge in [-0.2, -0.15) is 13.2 Å². The summed E-state index contributed by atoms with van der Waals surface area (Å²) in [6.07, 6.45) is -3.18. The lowest BCUT2D eigenvalue weighted by Gasteiger charge is -2.13. The highest BCUT2D eigenvalue weighted by molar-refractivity contribution is 9.10. The Labute approximate surface area is 237 Å². The van der Waals surface area contributed by atoms with Crippen molar-refractivity contribution in [2.45, 2.75) is 12.8 Å². The summed E-state index contributed by atoms with van der Waals surface area (Å²) in [5.41, 5.74) is -0.0552. The van der Waals surface area contributed by atoms with Crippen LogP contribution in [-0.2, 0) is 22.4 Å². The summed E-state index contributed by atoms with van der Waals surface area (Å²) in [5, 5.41) is 12.4. The lowest BCUT2D eigenvalue weighted by Crippen LogP contribution is -2.36. The predicted molar refractivity (Wildman–Crippen MR) is 144 cm³/mol. The Kier molecular flexibility index (Phi) is 8.59. The van der Waals surface area contributed by atoms with Gasteiger partial charge in [-0.05, 0) is 71.9 Å². The van der Waals surface area contributed by atoms with Crippen molar-refractivity contribution in [3.8, 4) is 5.75 Å². The molecule has 9 nitrogen and oxygen atoms in total. The van der Waals surface area contributed by atoms with Gasteiger partial charge in [-0.25, -0.2) is 0 Å². The molecule has 3 amide bonds. The standard InChI is InChI=1S/C26H17BrF3N3O6S/c27-18-6-9-21(39-14-15-4-7-20(8-5-15)33(37)38)16(10-18)11-22-24(35)32(25(36)40-22)13-23(34)31-19-3-1-2-17(12-19)26(28,29)30/h1-12H,13-14H2,(H,31,34)/b22-11-. The first-order chi connectivity index (χ1) is 18.9. The third kappa shape index (κ3) is 7.07. The van der Waals surface area contributed by atoms with Gasteiger partial charge in [0.05, 0.1) is 15.4 Å². The molecule has 1 saturated heterocycles. The smallest absolute Gasteiger partial charge is 0.416 e. The molecule has 14 heteroatoms. The summed E-state index contributed by atoms with van der Waals surface area (Å²) >= 11 is 3.94. The fraction of sp³-hybridized carbons (Fsp3) is 0.115. The number of nitro benzene ring substituents is 1. The molecule has 206 valence electrons. The number of rotatable bonds is 8. The summed E-state index contributed by atoms with van der Waals surface area (Å²) in [6, 6.07) is 14.8. The highest BCUT2D eigenvalue weighted by Crippen LogP contribution is 2.35. The number of nitro groups is 1. The number of hydrogen-bond acceptors (Lipinski definition) is 7. The quantitative estimate of drug-likeness (QED) is 0.168. The van der Waals surface area contributed by atoms with Gasteiger partial charge in [0.25, 0.3) is 16.8 Å². The molecule has 40 heavy (non-hydrogen) atoms. The van der Waals surface area contributed by atoms with Crippen LogP contribution >= 0.6 is 27.7 Å². The number of carbonyl (C=O) groups excluding carboxylic acids is 3. The molecular weight excluding hydrogens is 619 g/mol. The first-order valence-electron chi connectivity index (χ1n) is 11.3. The molecule has 1 heterocycles. The summed E-state index contributed by atoms with van der Waals surface area (Å²) < 4.78 is 45.3. The maximum absolute atomic E-state index is 12.9. The largest absolute Gasteiger partial charge is 0.488 e. The number of imide groups is 1. The van der Waals surface area contributed by atoms with Gasteiger partial charge in [0, 0.05) is 27.9 Å². The molecule has 1 fully saturated rings. The van der Waals surface area contributed by atoms with Gasteiger partial charge in [0.1, 0.15) is 18.9 Å². The SMILES string of the molecule is O=C(CN1C(=O)S/C(=C\c2cc(Br)ccc2OCc2ccc([N+](=O)[O-])cc2)C1=O)Nc1cccc(C(F)(F)F)c1. The van der Waals surface area contributed by atoms with E-state index in [2.05, 4.69) is 21.2 Å². The van der Waals surface area contributed by atoms with E-state index in [0.717, 1.165) is 18.2 Å². The molecular formula is C26H17BrF3N3O6S. The molecule has 0 atom stereocenters. The maximum atomic E-state index is 12.9. The number of anilines is 1. The van der Waals surface area contributed by atoms with E-state index in [-0.39, 0.29) is 22.9 Å². The number of hydrogen-bond donors (Lipinski definition) is 1. The first-order valence-corrected chi connectivity index (χ1v) is 12.9. The van der Waals surface area contributed by atoms with E-state index in [1.807, 2.05) is 0 Å². The monoisotopic (exact) mass is 635 g/mol. The minimum Gasteiger partial charge on any atom is -0.488 e. The number of benzene rings is 3. The molecule has 0 radical (unpaired) electrons. The van der Waals surface area contributed by atoms with Gasteiger partial charge in [-0.15, -0.1) is 0 Å². The molecule has 3 aromatic rings. The van der Waals surface area contributed by atoms with Crippen LogP contribution in [0.2, 0.25) is 0 Å². The van der Waals surface area contributed by atoms with Crippen molar-refractivity contribution in [1.29, 1.82) is 0 Å². The van der Waals surface area contributed by atoms with Gasteiger partial charge in [0.15, 0.2) is 0 Å². The molecule has 0 saturated carbocycles. The van der Waals surface area contributed by atoms with Crippen molar-refractivity contribution in [3.05, 3.63) is 103 Å². The average Bonchev–Trinajstić information content (AvgIpc) is 3.15. The van der Waals surface area contributed by atoms with Crippen molar-refractivity contribution in [2.24, 2.45) is 0 Å². The van der Waals surface area contributed by atoms with Gasteiger partial charge in [-0.1, -0.05) is 22.0 Å². The first kappa shape index (κ1) is 28.8. The number of alkyl halides is 3. The highest BCUT2D eigenvalue weighted by atomic mass is 79.9. The molecule has 0 unspecified atom stereocenters. The van der Waals surface area contributed by atoms with Gasteiger partial charge >= 0.3 is 6.18 Å². The van der Waals surface area contributed by atoms with E-state index < -0.39 is 40.3 Å². The Balaban J connectivity index is 1.46. The lowest BCUT2D eigenvalue weighted by atomic mass is 10.1. The van der Waals surface area contributed by atoms with Crippen molar-refractivity contribution >= 4 is 62.2 Å². The minimum absolute atomic E-state index is 0.00940. The second-order valence-corrected chi connectivity index (χ2v) is 10.2. The van der Waals surface area contributed by atoms with Crippen molar-refractivity contribution < 1.29 is 37.2 Å². The van der Waals surface area contributed by atoms with Crippen LogP contribution in [0.15, 0.2) is 76.1 Å². The number of halogens is 4. The Morgan fingerprint density at radius 1 is 1.10 bits per heavy atom. The zero-order valence-electron chi connectivity index (χ0n) is 20.1. The highest BCUT2D eigenvalue weighted by Gasteiger charge is 2.37. The zero-order chi connectivity index (χ0) is 29.0. The van der Waals surface area contributed by atoms with Gasteiger partial charge in [-0.3, -0.25) is 29.4 Å².